The summed E-state index contributed by atoms with van der Waals surface area (Å²) in [7, 11) is 0. The molecule has 0 saturated carbocycles. The Morgan fingerprint density at radius 1 is 0.929 bits per heavy atom. The molecule has 1 N–H and O–H groups in total. The molecule has 0 spiro atoms. The van der Waals surface area contributed by atoms with Crippen molar-refractivity contribution in [2.75, 3.05) is 31.1 Å². The zero-order valence-electron chi connectivity index (χ0n) is 16.5. The maximum atomic E-state index is 12.8. The van der Waals surface area contributed by atoms with Gasteiger partial charge < -0.3 is 15.1 Å². The number of hydrogen-bond acceptors (Lipinski definition) is 3. The van der Waals surface area contributed by atoms with Gasteiger partial charge in [0.25, 0.3) is 11.8 Å². The van der Waals surface area contributed by atoms with Crippen LogP contribution in [0.2, 0.25) is 5.02 Å². The molecule has 0 aliphatic carbocycles. The highest BCUT2D eigenvalue weighted by Crippen LogP contribution is 2.21. The van der Waals surface area contributed by atoms with Crippen molar-refractivity contribution < 1.29 is 9.59 Å². The van der Waals surface area contributed by atoms with Crippen LogP contribution < -0.4 is 10.2 Å². The molecule has 148 valence electrons. The summed E-state index contributed by atoms with van der Waals surface area (Å²) >= 11 is 6.07. The average Bonchev–Trinajstić information content (AvgIpc) is 2.66. The van der Waals surface area contributed by atoms with Crippen molar-refractivity contribution in [3.8, 4) is 0 Å². The van der Waals surface area contributed by atoms with Gasteiger partial charge in [-0.3, -0.25) is 9.59 Å². The second-order valence-corrected chi connectivity index (χ2v) is 8.48. The quantitative estimate of drug-likeness (QED) is 0.853. The molecule has 6 heteroatoms. The second kappa shape index (κ2) is 8.23. The van der Waals surface area contributed by atoms with Gasteiger partial charge in [0.15, 0.2) is 0 Å². The summed E-state index contributed by atoms with van der Waals surface area (Å²) in [6, 6.07) is 14.6. The standard InChI is InChI=1S/C22H26ClN3O2/c1-22(2,3)24-20(27)16-7-9-17(10-8-16)21(28)26-13-11-25(12-14-26)19-6-4-5-18(23)15-19/h4-10,15H,11-14H2,1-3H3,(H,24,27). The summed E-state index contributed by atoms with van der Waals surface area (Å²) in [6.45, 7) is 8.63. The first-order valence-corrected chi connectivity index (χ1v) is 9.83. The van der Waals surface area contributed by atoms with Crippen LogP contribution in [-0.2, 0) is 0 Å². The summed E-state index contributed by atoms with van der Waals surface area (Å²) in [5.41, 5.74) is 1.93. The van der Waals surface area contributed by atoms with E-state index in [-0.39, 0.29) is 17.4 Å². The van der Waals surface area contributed by atoms with Crippen LogP contribution in [-0.4, -0.2) is 48.4 Å². The molecule has 1 aliphatic heterocycles. The van der Waals surface area contributed by atoms with Gasteiger partial charge in [0.05, 0.1) is 0 Å². The Kier molecular flexibility index (Phi) is 5.94. The molecule has 2 amide bonds. The molecule has 5 nitrogen and oxygen atoms in total. The molecule has 0 radical (unpaired) electrons. The van der Waals surface area contributed by atoms with Gasteiger partial charge in [-0.15, -0.1) is 0 Å². The lowest BCUT2D eigenvalue weighted by molar-refractivity contribution is 0.0746. The Morgan fingerprint density at radius 2 is 1.54 bits per heavy atom. The fourth-order valence-corrected chi connectivity index (χ4v) is 3.38. The zero-order chi connectivity index (χ0) is 20.3. The van der Waals surface area contributed by atoms with Crippen LogP contribution in [0.5, 0.6) is 0 Å². The smallest absolute Gasteiger partial charge is 0.253 e. The van der Waals surface area contributed by atoms with E-state index < -0.39 is 0 Å². The van der Waals surface area contributed by atoms with Gasteiger partial charge in [-0.1, -0.05) is 17.7 Å². The molecule has 3 rings (SSSR count). The number of nitrogens with one attached hydrogen (secondary N) is 1. The van der Waals surface area contributed by atoms with Crippen LogP contribution in [0.3, 0.4) is 0 Å². The molecule has 1 fully saturated rings. The molecule has 28 heavy (non-hydrogen) atoms. The van der Waals surface area contributed by atoms with Gasteiger partial charge in [0, 0.05) is 53.6 Å². The highest BCUT2D eigenvalue weighted by Gasteiger charge is 2.23. The van der Waals surface area contributed by atoms with Crippen molar-refractivity contribution in [1.82, 2.24) is 10.2 Å². The lowest BCUT2D eigenvalue weighted by atomic mass is 10.1. The summed E-state index contributed by atoms with van der Waals surface area (Å²) in [6.07, 6.45) is 0. The molecule has 0 bridgehead atoms. The van der Waals surface area contributed by atoms with Crippen molar-refractivity contribution in [2.45, 2.75) is 26.3 Å². The summed E-state index contributed by atoms with van der Waals surface area (Å²) < 4.78 is 0. The van der Waals surface area contributed by atoms with Crippen LogP contribution >= 0.6 is 11.6 Å². The fourth-order valence-electron chi connectivity index (χ4n) is 3.20. The largest absolute Gasteiger partial charge is 0.368 e. The van der Waals surface area contributed by atoms with E-state index in [1.807, 2.05) is 49.9 Å². The maximum Gasteiger partial charge on any atom is 0.253 e. The Bertz CT molecular complexity index is 851. The fraction of sp³-hybridized carbons (Fsp3) is 0.364. The number of amides is 2. The number of nitrogens with zero attached hydrogens (tertiary/aromatic N) is 2. The van der Waals surface area contributed by atoms with E-state index in [0.717, 1.165) is 18.8 Å². The van der Waals surface area contributed by atoms with Crippen molar-refractivity contribution in [1.29, 1.82) is 0 Å². The van der Waals surface area contributed by atoms with Gasteiger partial charge in [-0.2, -0.15) is 0 Å². The maximum absolute atomic E-state index is 12.8. The normalized spacial score (nSPS) is 14.7. The number of rotatable bonds is 3. The number of benzene rings is 2. The molecule has 2 aromatic carbocycles. The minimum absolute atomic E-state index is 0.00600. The summed E-state index contributed by atoms with van der Waals surface area (Å²) in [4.78, 5) is 29.1. The van der Waals surface area contributed by atoms with E-state index in [1.165, 1.54) is 0 Å². The van der Waals surface area contributed by atoms with Crippen molar-refractivity contribution in [2.24, 2.45) is 0 Å². The topological polar surface area (TPSA) is 52.7 Å². The molecule has 0 unspecified atom stereocenters. The van der Waals surface area contributed by atoms with E-state index >= 15 is 0 Å². The average molecular weight is 400 g/mol. The van der Waals surface area contributed by atoms with Gasteiger partial charge in [0.2, 0.25) is 0 Å². The van der Waals surface area contributed by atoms with Crippen LogP contribution in [0.15, 0.2) is 48.5 Å². The number of carbonyl (C=O) groups excluding carboxylic acids is 2. The number of piperazine rings is 1. The minimum atomic E-state index is -0.297. The van der Waals surface area contributed by atoms with Crippen molar-refractivity contribution in [3.63, 3.8) is 0 Å². The summed E-state index contributed by atoms with van der Waals surface area (Å²) in [5.74, 6) is -0.143. The molecular weight excluding hydrogens is 374 g/mol. The minimum Gasteiger partial charge on any atom is -0.368 e. The first kappa shape index (κ1) is 20.2. The van der Waals surface area contributed by atoms with E-state index in [0.29, 0.717) is 29.2 Å². The zero-order valence-corrected chi connectivity index (χ0v) is 17.3. The molecule has 1 saturated heterocycles. The van der Waals surface area contributed by atoms with E-state index in [1.54, 1.807) is 24.3 Å². The van der Waals surface area contributed by atoms with Crippen LogP contribution in [0, 0.1) is 0 Å². The Morgan fingerprint density at radius 3 is 2.11 bits per heavy atom. The number of halogens is 1. The number of carbonyl (C=O) groups is 2. The van der Waals surface area contributed by atoms with Crippen LogP contribution in [0.25, 0.3) is 0 Å². The molecule has 1 heterocycles. The lowest BCUT2D eigenvalue weighted by Gasteiger charge is -2.36. The number of anilines is 1. The first-order valence-electron chi connectivity index (χ1n) is 9.45. The van der Waals surface area contributed by atoms with Gasteiger partial charge in [-0.05, 0) is 63.2 Å². The predicted molar refractivity (Wildman–Crippen MR) is 113 cm³/mol. The molecular formula is C22H26ClN3O2. The third kappa shape index (κ3) is 5.04. The highest BCUT2D eigenvalue weighted by molar-refractivity contribution is 6.30. The molecule has 0 aromatic heterocycles. The van der Waals surface area contributed by atoms with Crippen LogP contribution in [0.4, 0.5) is 5.69 Å². The van der Waals surface area contributed by atoms with Gasteiger partial charge in [0.1, 0.15) is 0 Å². The van der Waals surface area contributed by atoms with E-state index in [9.17, 15) is 9.59 Å². The SMILES string of the molecule is CC(C)(C)NC(=O)c1ccc(C(=O)N2CCN(c3cccc(Cl)c3)CC2)cc1. The van der Waals surface area contributed by atoms with Gasteiger partial charge in [-0.25, -0.2) is 0 Å². The van der Waals surface area contributed by atoms with Gasteiger partial charge >= 0.3 is 0 Å². The first-order chi connectivity index (χ1) is 13.2. The molecule has 2 aromatic rings. The summed E-state index contributed by atoms with van der Waals surface area (Å²) in [5, 5.41) is 3.64. The van der Waals surface area contributed by atoms with E-state index in [2.05, 4.69) is 10.2 Å². The third-order valence-electron chi connectivity index (χ3n) is 4.62. The monoisotopic (exact) mass is 399 g/mol. The second-order valence-electron chi connectivity index (χ2n) is 8.04. The van der Waals surface area contributed by atoms with Crippen LogP contribution in [0.1, 0.15) is 41.5 Å². The Labute approximate surface area is 171 Å². The lowest BCUT2D eigenvalue weighted by Crippen LogP contribution is -2.48. The van der Waals surface area contributed by atoms with Crippen molar-refractivity contribution >= 4 is 29.1 Å². The Balaban J connectivity index is 1.60. The molecule has 0 atom stereocenters. The molecule has 1 aliphatic rings. The van der Waals surface area contributed by atoms with Crippen molar-refractivity contribution in [3.05, 3.63) is 64.7 Å². The van der Waals surface area contributed by atoms with E-state index in [4.69, 9.17) is 11.6 Å². The third-order valence-corrected chi connectivity index (χ3v) is 4.86. The number of hydrogen-bond donors (Lipinski definition) is 1. The predicted octanol–water partition coefficient (Wildman–Crippen LogP) is 3.83. The highest BCUT2D eigenvalue weighted by atomic mass is 35.5. The Hall–Kier alpha value is -2.53.